The van der Waals surface area contributed by atoms with E-state index in [1.807, 2.05) is 18.0 Å². The van der Waals surface area contributed by atoms with Crippen LogP contribution in [-0.4, -0.2) is 31.2 Å². The van der Waals surface area contributed by atoms with E-state index in [1.165, 1.54) is 0 Å². The Hall–Kier alpha value is -0.620. The molecule has 1 aliphatic rings. The molecule has 0 aromatic heterocycles. The monoisotopic (exact) mass is 156 g/mol. The molecule has 1 heterocycles. The van der Waals surface area contributed by atoms with Crippen LogP contribution in [0.5, 0.6) is 0 Å². The van der Waals surface area contributed by atoms with Gasteiger partial charge >= 0.3 is 0 Å². The highest BCUT2D eigenvalue weighted by atomic mass is 19.1. The van der Waals surface area contributed by atoms with Crippen LogP contribution in [0.25, 0.3) is 0 Å². The number of hydrogen-bond donors (Lipinski definition) is 0. The van der Waals surface area contributed by atoms with Crippen molar-refractivity contribution in [3.05, 3.63) is 0 Å². The molecule has 0 radical (unpaired) electrons. The fourth-order valence-corrected chi connectivity index (χ4v) is 1.45. The summed E-state index contributed by atoms with van der Waals surface area (Å²) in [6.45, 7) is 1.42. The van der Waals surface area contributed by atoms with Crippen molar-refractivity contribution in [1.29, 1.82) is 5.26 Å². The highest BCUT2D eigenvalue weighted by Gasteiger charge is 2.26. The van der Waals surface area contributed by atoms with E-state index in [0.717, 1.165) is 13.0 Å². The molecule has 0 N–H and O–H groups in total. The molecule has 62 valence electrons. The van der Waals surface area contributed by atoms with Crippen LogP contribution in [0.3, 0.4) is 0 Å². The van der Waals surface area contributed by atoms with Crippen molar-refractivity contribution in [2.24, 2.45) is 5.92 Å². The van der Waals surface area contributed by atoms with Crippen molar-refractivity contribution in [2.75, 3.05) is 20.1 Å². The number of halogens is 1. The van der Waals surface area contributed by atoms with Gasteiger partial charge in [-0.1, -0.05) is 0 Å². The number of nitrogens with zero attached hydrogens (tertiary/aromatic N) is 2. The molecule has 0 aliphatic carbocycles. The lowest BCUT2D eigenvalue weighted by Gasteiger charge is -2.30. The Labute approximate surface area is 66.6 Å². The molecule has 0 spiro atoms. The van der Waals surface area contributed by atoms with Crippen molar-refractivity contribution in [1.82, 2.24) is 4.90 Å². The first-order chi connectivity index (χ1) is 5.24. The Balaban J connectivity index is 2.39. The summed E-state index contributed by atoms with van der Waals surface area (Å²) >= 11 is 0. The second kappa shape index (κ2) is 3.68. The molecule has 11 heavy (non-hydrogen) atoms. The molecule has 0 aromatic carbocycles. The summed E-state index contributed by atoms with van der Waals surface area (Å²) in [6.07, 6.45) is 0.397. The highest BCUT2D eigenvalue weighted by Crippen LogP contribution is 2.21. The Kier molecular flexibility index (Phi) is 2.84. The summed E-state index contributed by atoms with van der Waals surface area (Å²) < 4.78 is 13.1. The fourth-order valence-electron chi connectivity index (χ4n) is 1.45. The zero-order valence-electron chi connectivity index (χ0n) is 6.76. The Bertz CT molecular complexity index is 164. The van der Waals surface area contributed by atoms with Gasteiger partial charge in [-0.05, 0) is 20.0 Å². The van der Waals surface area contributed by atoms with Gasteiger partial charge in [-0.25, -0.2) is 4.39 Å². The van der Waals surface area contributed by atoms with Crippen LogP contribution in [0.2, 0.25) is 0 Å². The molecule has 0 amide bonds. The van der Waals surface area contributed by atoms with Crippen LogP contribution in [0.15, 0.2) is 0 Å². The van der Waals surface area contributed by atoms with E-state index in [4.69, 9.17) is 5.26 Å². The predicted molar refractivity (Wildman–Crippen MR) is 40.7 cm³/mol. The first-order valence-corrected chi connectivity index (χ1v) is 3.93. The van der Waals surface area contributed by atoms with Crippen molar-refractivity contribution >= 4 is 0 Å². The minimum absolute atomic E-state index is 0.0174. The summed E-state index contributed by atoms with van der Waals surface area (Å²) in [4.78, 5) is 1.97. The molecule has 1 saturated heterocycles. The lowest BCUT2D eigenvalue weighted by molar-refractivity contribution is 0.105. The van der Waals surface area contributed by atoms with Gasteiger partial charge in [0.1, 0.15) is 6.17 Å². The maximum absolute atomic E-state index is 13.1. The average Bonchev–Trinajstić information content (AvgIpc) is 1.95. The van der Waals surface area contributed by atoms with Gasteiger partial charge in [0.05, 0.1) is 6.07 Å². The number of nitriles is 1. The maximum atomic E-state index is 13.1. The minimum atomic E-state index is -0.798. The van der Waals surface area contributed by atoms with E-state index in [0.29, 0.717) is 13.0 Å². The van der Waals surface area contributed by atoms with Gasteiger partial charge in [-0.2, -0.15) is 5.26 Å². The number of rotatable bonds is 1. The molecule has 2 atom stereocenters. The van der Waals surface area contributed by atoms with E-state index in [9.17, 15) is 4.39 Å². The predicted octanol–water partition coefficient (Wildman–Crippen LogP) is 1.19. The van der Waals surface area contributed by atoms with E-state index in [-0.39, 0.29) is 5.92 Å². The number of likely N-dealkylation sites (tertiary alicyclic amines) is 1. The molecular formula is C8H13FN2. The number of alkyl halides is 1. The van der Waals surface area contributed by atoms with Crippen LogP contribution in [0.4, 0.5) is 4.39 Å². The highest BCUT2D eigenvalue weighted by molar-refractivity contribution is 4.85. The smallest absolute Gasteiger partial charge is 0.117 e. The molecule has 0 bridgehead atoms. The summed E-state index contributed by atoms with van der Waals surface area (Å²) in [6, 6.07) is 2.02. The van der Waals surface area contributed by atoms with Gasteiger partial charge < -0.3 is 4.90 Å². The summed E-state index contributed by atoms with van der Waals surface area (Å²) in [5.74, 6) is -0.0174. The van der Waals surface area contributed by atoms with Gasteiger partial charge in [-0.3, -0.25) is 0 Å². The largest absolute Gasteiger partial charge is 0.303 e. The first-order valence-electron chi connectivity index (χ1n) is 3.93. The van der Waals surface area contributed by atoms with E-state index in [2.05, 4.69) is 0 Å². The lowest BCUT2D eigenvalue weighted by Crippen LogP contribution is -2.39. The first kappa shape index (κ1) is 8.48. The molecule has 1 rings (SSSR count). The molecule has 0 saturated carbocycles. The normalized spacial score (nSPS) is 33.2. The second-order valence-electron chi connectivity index (χ2n) is 3.19. The van der Waals surface area contributed by atoms with Crippen molar-refractivity contribution in [3.63, 3.8) is 0 Å². The van der Waals surface area contributed by atoms with Crippen molar-refractivity contribution in [3.8, 4) is 6.07 Å². The van der Waals surface area contributed by atoms with Crippen LogP contribution < -0.4 is 0 Å². The number of piperidine rings is 1. The van der Waals surface area contributed by atoms with Crippen LogP contribution >= 0.6 is 0 Å². The Morgan fingerprint density at radius 3 is 3.00 bits per heavy atom. The standard InChI is InChI=1S/C8H13FN2/c1-11-5-3-7(2-4-10)8(9)6-11/h7-8H,2-3,5-6H2,1H3/t7-,8-/m1/s1. The zero-order chi connectivity index (χ0) is 8.27. The zero-order valence-corrected chi connectivity index (χ0v) is 6.76. The van der Waals surface area contributed by atoms with E-state index < -0.39 is 6.17 Å². The third-order valence-electron chi connectivity index (χ3n) is 2.23. The molecule has 3 heteroatoms. The lowest BCUT2D eigenvalue weighted by atomic mass is 9.93. The Morgan fingerprint density at radius 2 is 2.45 bits per heavy atom. The molecule has 1 aliphatic heterocycles. The summed E-state index contributed by atoms with van der Waals surface area (Å²) in [5.41, 5.74) is 0. The topological polar surface area (TPSA) is 27.0 Å². The van der Waals surface area contributed by atoms with Crippen LogP contribution in [0.1, 0.15) is 12.8 Å². The van der Waals surface area contributed by atoms with Gasteiger partial charge in [0.25, 0.3) is 0 Å². The molecule has 0 unspecified atom stereocenters. The van der Waals surface area contributed by atoms with Gasteiger partial charge in [0, 0.05) is 18.9 Å². The fraction of sp³-hybridized carbons (Fsp3) is 0.875. The summed E-state index contributed by atoms with van der Waals surface area (Å²) in [7, 11) is 1.91. The van der Waals surface area contributed by atoms with Gasteiger partial charge in [0.2, 0.25) is 0 Å². The van der Waals surface area contributed by atoms with Crippen molar-refractivity contribution < 1.29 is 4.39 Å². The number of hydrogen-bond acceptors (Lipinski definition) is 2. The average molecular weight is 156 g/mol. The molecule has 0 aromatic rings. The van der Waals surface area contributed by atoms with Crippen molar-refractivity contribution in [2.45, 2.75) is 19.0 Å². The van der Waals surface area contributed by atoms with Gasteiger partial charge in [0.15, 0.2) is 0 Å². The molecule has 1 fully saturated rings. The van der Waals surface area contributed by atoms with E-state index in [1.54, 1.807) is 0 Å². The molecule has 2 nitrogen and oxygen atoms in total. The molecular weight excluding hydrogens is 143 g/mol. The van der Waals surface area contributed by atoms with Crippen LogP contribution in [0, 0.1) is 17.2 Å². The second-order valence-corrected chi connectivity index (χ2v) is 3.19. The third kappa shape index (κ3) is 2.16. The van der Waals surface area contributed by atoms with Gasteiger partial charge in [-0.15, -0.1) is 0 Å². The Morgan fingerprint density at radius 1 is 1.73 bits per heavy atom. The quantitative estimate of drug-likeness (QED) is 0.570. The third-order valence-corrected chi connectivity index (χ3v) is 2.23. The minimum Gasteiger partial charge on any atom is -0.303 e. The SMILES string of the molecule is CN1CC[C@@H](CC#N)[C@H](F)C1. The van der Waals surface area contributed by atoms with E-state index >= 15 is 0 Å². The van der Waals surface area contributed by atoms with Crippen LogP contribution in [-0.2, 0) is 0 Å². The summed E-state index contributed by atoms with van der Waals surface area (Å²) in [5, 5.41) is 8.37. The maximum Gasteiger partial charge on any atom is 0.117 e.